The van der Waals surface area contributed by atoms with E-state index in [-0.39, 0.29) is 18.6 Å². The molecule has 0 saturated heterocycles. The molecule has 1 amide bonds. The molecule has 0 saturated carbocycles. The summed E-state index contributed by atoms with van der Waals surface area (Å²) in [7, 11) is 0. The van der Waals surface area contributed by atoms with Gasteiger partial charge >= 0.3 is 0 Å². The van der Waals surface area contributed by atoms with Crippen molar-refractivity contribution in [2.24, 2.45) is 0 Å². The first-order valence-electron chi connectivity index (χ1n) is 5.72. The van der Waals surface area contributed by atoms with Gasteiger partial charge in [-0.25, -0.2) is 0 Å². The minimum absolute atomic E-state index is 0.104. The van der Waals surface area contributed by atoms with Crippen LogP contribution in [-0.2, 0) is 4.79 Å². The van der Waals surface area contributed by atoms with Crippen molar-refractivity contribution in [3.63, 3.8) is 0 Å². The Labute approximate surface area is 92.7 Å². The van der Waals surface area contributed by atoms with Crippen molar-refractivity contribution in [2.45, 2.75) is 39.7 Å². The molecule has 4 nitrogen and oxygen atoms in total. The van der Waals surface area contributed by atoms with Crippen LogP contribution in [0.25, 0.3) is 0 Å². The summed E-state index contributed by atoms with van der Waals surface area (Å²) in [6, 6.07) is 0.213. The minimum atomic E-state index is 0.104. The van der Waals surface area contributed by atoms with Crippen LogP contribution in [0.4, 0.5) is 0 Å². The molecule has 0 fully saturated rings. The number of carbonyl (C=O) groups is 1. The van der Waals surface area contributed by atoms with E-state index in [9.17, 15) is 4.79 Å². The number of carbonyl (C=O) groups excluding carboxylic acids is 1. The predicted molar refractivity (Wildman–Crippen MR) is 61.7 cm³/mol. The highest BCUT2D eigenvalue weighted by molar-refractivity contribution is 5.76. The molecule has 0 aromatic carbocycles. The highest BCUT2D eigenvalue weighted by Crippen LogP contribution is 1.94. The normalized spacial score (nSPS) is 11.1. The summed E-state index contributed by atoms with van der Waals surface area (Å²) in [4.78, 5) is 13.5. The molecule has 15 heavy (non-hydrogen) atoms. The summed E-state index contributed by atoms with van der Waals surface area (Å²) in [5.41, 5.74) is 0. The van der Waals surface area contributed by atoms with Gasteiger partial charge in [-0.05, 0) is 26.8 Å². The standard InChI is InChI=1S/C11H24N2O2/c1-4-13(7-5-9-14)8-6-11(15)12-10(2)3/h10,14H,4-9H2,1-3H3,(H,12,15). The molecule has 0 atom stereocenters. The molecule has 0 bridgehead atoms. The molecule has 0 radical (unpaired) electrons. The van der Waals surface area contributed by atoms with Gasteiger partial charge in [0.25, 0.3) is 0 Å². The Hall–Kier alpha value is -0.610. The fraction of sp³-hybridized carbons (Fsp3) is 0.909. The van der Waals surface area contributed by atoms with Gasteiger partial charge in [-0.1, -0.05) is 6.92 Å². The summed E-state index contributed by atoms with van der Waals surface area (Å²) >= 11 is 0. The van der Waals surface area contributed by atoms with Crippen LogP contribution in [0.3, 0.4) is 0 Å². The first kappa shape index (κ1) is 14.4. The van der Waals surface area contributed by atoms with E-state index in [4.69, 9.17) is 5.11 Å². The maximum atomic E-state index is 11.4. The molecule has 4 heteroatoms. The van der Waals surface area contributed by atoms with Gasteiger partial charge in [0.2, 0.25) is 5.91 Å². The van der Waals surface area contributed by atoms with Crippen molar-refractivity contribution < 1.29 is 9.90 Å². The number of rotatable bonds is 8. The first-order valence-corrected chi connectivity index (χ1v) is 5.72. The van der Waals surface area contributed by atoms with Crippen LogP contribution < -0.4 is 5.32 Å². The zero-order valence-corrected chi connectivity index (χ0v) is 10.1. The van der Waals surface area contributed by atoms with E-state index < -0.39 is 0 Å². The zero-order valence-electron chi connectivity index (χ0n) is 10.1. The van der Waals surface area contributed by atoms with Gasteiger partial charge in [0, 0.05) is 32.2 Å². The maximum Gasteiger partial charge on any atom is 0.221 e. The molecule has 0 spiro atoms. The topological polar surface area (TPSA) is 52.6 Å². The second-order valence-corrected chi connectivity index (χ2v) is 3.98. The maximum absolute atomic E-state index is 11.4. The number of hydrogen-bond donors (Lipinski definition) is 2. The first-order chi connectivity index (χ1) is 7.10. The predicted octanol–water partition coefficient (Wildman–Crippen LogP) is 0.605. The Morgan fingerprint density at radius 2 is 2.07 bits per heavy atom. The lowest BCUT2D eigenvalue weighted by Crippen LogP contribution is -2.34. The largest absolute Gasteiger partial charge is 0.396 e. The fourth-order valence-corrected chi connectivity index (χ4v) is 1.38. The quantitative estimate of drug-likeness (QED) is 0.625. The van der Waals surface area contributed by atoms with Crippen LogP contribution >= 0.6 is 0 Å². The van der Waals surface area contributed by atoms with Gasteiger partial charge in [-0.3, -0.25) is 4.79 Å². The second kappa shape index (κ2) is 8.68. The molecule has 0 aliphatic carbocycles. The van der Waals surface area contributed by atoms with Crippen LogP contribution in [0, 0.1) is 0 Å². The lowest BCUT2D eigenvalue weighted by molar-refractivity contribution is -0.121. The summed E-state index contributed by atoms with van der Waals surface area (Å²) in [5.74, 6) is 0.104. The van der Waals surface area contributed by atoms with Crippen molar-refractivity contribution in [1.29, 1.82) is 0 Å². The molecule has 0 aliphatic rings. The summed E-state index contributed by atoms with van der Waals surface area (Å²) in [5, 5.41) is 11.6. The second-order valence-electron chi connectivity index (χ2n) is 3.98. The molecular formula is C11H24N2O2. The molecule has 0 unspecified atom stereocenters. The van der Waals surface area contributed by atoms with Gasteiger partial charge in [0.15, 0.2) is 0 Å². The van der Waals surface area contributed by atoms with Gasteiger partial charge in [-0.15, -0.1) is 0 Å². The third kappa shape index (κ3) is 8.39. The summed E-state index contributed by atoms with van der Waals surface area (Å²) in [6.07, 6.45) is 1.32. The molecular weight excluding hydrogens is 192 g/mol. The number of aliphatic hydroxyl groups is 1. The minimum Gasteiger partial charge on any atom is -0.396 e. The number of amides is 1. The number of aliphatic hydroxyl groups excluding tert-OH is 1. The van der Waals surface area contributed by atoms with E-state index in [1.807, 2.05) is 13.8 Å². The van der Waals surface area contributed by atoms with Crippen LogP contribution in [-0.4, -0.2) is 48.2 Å². The van der Waals surface area contributed by atoms with Crippen molar-refractivity contribution >= 4 is 5.91 Å². The Bertz CT molecular complexity index is 172. The molecule has 0 aromatic rings. The Morgan fingerprint density at radius 1 is 1.40 bits per heavy atom. The van der Waals surface area contributed by atoms with Crippen LogP contribution in [0.2, 0.25) is 0 Å². The SMILES string of the molecule is CCN(CCCO)CCC(=O)NC(C)C. The van der Waals surface area contributed by atoms with Gasteiger partial charge in [0.05, 0.1) is 0 Å². The summed E-state index contributed by atoms with van der Waals surface area (Å²) < 4.78 is 0. The van der Waals surface area contributed by atoms with Gasteiger partial charge < -0.3 is 15.3 Å². The van der Waals surface area contributed by atoms with Crippen molar-refractivity contribution in [1.82, 2.24) is 10.2 Å². The Kier molecular flexibility index (Phi) is 8.33. The van der Waals surface area contributed by atoms with E-state index in [1.54, 1.807) is 0 Å². The highest BCUT2D eigenvalue weighted by atomic mass is 16.3. The van der Waals surface area contributed by atoms with Gasteiger partial charge in [-0.2, -0.15) is 0 Å². The Morgan fingerprint density at radius 3 is 2.53 bits per heavy atom. The highest BCUT2D eigenvalue weighted by Gasteiger charge is 2.06. The van der Waals surface area contributed by atoms with E-state index in [2.05, 4.69) is 17.1 Å². The smallest absolute Gasteiger partial charge is 0.221 e. The number of nitrogens with zero attached hydrogens (tertiary/aromatic N) is 1. The number of nitrogens with one attached hydrogen (secondary N) is 1. The lowest BCUT2D eigenvalue weighted by atomic mass is 10.3. The van der Waals surface area contributed by atoms with Crippen LogP contribution in [0.15, 0.2) is 0 Å². The lowest BCUT2D eigenvalue weighted by Gasteiger charge is -2.19. The third-order valence-electron chi connectivity index (χ3n) is 2.18. The van der Waals surface area contributed by atoms with Crippen molar-refractivity contribution in [3.8, 4) is 0 Å². The van der Waals surface area contributed by atoms with Crippen LogP contribution in [0.5, 0.6) is 0 Å². The van der Waals surface area contributed by atoms with E-state index in [1.165, 1.54) is 0 Å². The van der Waals surface area contributed by atoms with Gasteiger partial charge in [0.1, 0.15) is 0 Å². The molecule has 0 heterocycles. The number of hydrogen-bond acceptors (Lipinski definition) is 3. The third-order valence-corrected chi connectivity index (χ3v) is 2.18. The fourth-order valence-electron chi connectivity index (χ4n) is 1.38. The molecule has 0 aromatic heterocycles. The average molecular weight is 216 g/mol. The average Bonchev–Trinajstić information content (AvgIpc) is 2.17. The summed E-state index contributed by atoms with van der Waals surface area (Å²) in [6.45, 7) is 8.76. The zero-order chi connectivity index (χ0) is 11.7. The van der Waals surface area contributed by atoms with E-state index in [0.717, 1.165) is 26.1 Å². The molecule has 90 valence electrons. The molecule has 0 rings (SSSR count). The van der Waals surface area contributed by atoms with E-state index >= 15 is 0 Å². The van der Waals surface area contributed by atoms with E-state index in [0.29, 0.717) is 6.42 Å². The Balaban J connectivity index is 3.65. The molecule has 0 aliphatic heterocycles. The van der Waals surface area contributed by atoms with Crippen molar-refractivity contribution in [3.05, 3.63) is 0 Å². The monoisotopic (exact) mass is 216 g/mol. The van der Waals surface area contributed by atoms with Crippen LogP contribution in [0.1, 0.15) is 33.6 Å². The molecule has 2 N–H and O–H groups in total. The van der Waals surface area contributed by atoms with Crippen molar-refractivity contribution in [2.75, 3.05) is 26.2 Å².